The topological polar surface area (TPSA) is 81.8 Å². The Morgan fingerprint density at radius 2 is 1.87 bits per heavy atom. The summed E-state index contributed by atoms with van der Waals surface area (Å²) in [5.41, 5.74) is 2.74. The Balaban J connectivity index is 1.34. The maximum absolute atomic E-state index is 12.9. The molecule has 0 aromatic heterocycles. The summed E-state index contributed by atoms with van der Waals surface area (Å²) in [5.74, 6) is -0.180. The van der Waals surface area contributed by atoms with Gasteiger partial charge < -0.3 is 5.32 Å². The maximum Gasteiger partial charge on any atom is 0.344 e. The molecule has 0 unspecified atom stereocenters. The fourth-order valence-electron chi connectivity index (χ4n) is 4.43. The average molecular weight is 409 g/mol. The second-order valence-electron chi connectivity index (χ2n) is 8.72. The van der Waals surface area contributed by atoms with E-state index in [9.17, 15) is 14.4 Å². The number of likely N-dealkylation sites (N-methyl/N-ethyl adjacent to an activating group) is 1. The van der Waals surface area contributed by atoms with Crippen LogP contribution < -0.4 is 10.7 Å². The summed E-state index contributed by atoms with van der Waals surface area (Å²) >= 11 is 0. The second kappa shape index (κ2) is 8.07. The number of carbonyl (C=O) groups is 3. The fraction of sp³-hybridized carbons (Fsp3) is 0.435. The predicted molar refractivity (Wildman–Crippen MR) is 114 cm³/mol. The SMILES string of the molecule is CC1CCC2(CC1)NC(=O)N(NC(=O)CN(C)Cc1ccc3ccccc3c1)C2=O. The van der Waals surface area contributed by atoms with Gasteiger partial charge in [-0.15, -0.1) is 0 Å². The lowest BCUT2D eigenvalue weighted by atomic mass is 9.77. The van der Waals surface area contributed by atoms with Crippen molar-refractivity contribution in [2.45, 2.75) is 44.7 Å². The minimum atomic E-state index is -0.853. The van der Waals surface area contributed by atoms with Gasteiger partial charge in [-0.05, 0) is 61.1 Å². The van der Waals surface area contributed by atoms with E-state index in [1.54, 1.807) is 0 Å². The van der Waals surface area contributed by atoms with Crippen LogP contribution in [0.15, 0.2) is 42.5 Å². The normalized spacial score (nSPS) is 24.0. The van der Waals surface area contributed by atoms with E-state index in [0.717, 1.165) is 28.8 Å². The number of hydrogen-bond acceptors (Lipinski definition) is 4. The molecule has 1 aliphatic carbocycles. The quantitative estimate of drug-likeness (QED) is 0.746. The summed E-state index contributed by atoms with van der Waals surface area (Å²) in [7, 11) is 1.84. The van der Waals surface area contributed by atoms with Gasteiger partial charge in [0.15, 0.2) is 0 Å². The minimum Gasteiger partial charge on any atom is -0.322 e. The molecule has 158 valence electrons. The number of carbonyl (C=O) groups excluding carboxylic acids is 3. The van der Waals surface area contributed by atoms with Crippen molar-refractivity contribution in [3.63, 3.8) is 0 Å². The number of imide groups is 1. The molecular weight excluding hydrogens is 380 g/mol. The monoisotopic (exact) mass is 408 g/mol. The van der Waals surface area contributed by atoms with Gasteiger partial charge in [-0.3, -0.25) is 19.9 Å². The van der Waals surface area contributed by atoms with Crippen LogP contribution in [-0.2, 0) is 16.1 Å². The number of rotatable bonds is 5. The first-order valence-electron chi connectivity index (χ1n) is 10.5. The molecule has 7 nitrogen and oxygen atoms in total. The number of nitrogens with zero attached hydrogens (tertiary/aromatic N) is 2. The third-order valence-electron chi connectivity index (χ3n) is 6.21. The van der Waals surface area contributed by atoms with Gasteiger partial charge in [-0.25, -0.2) is 4.79 Å². The predicted octanol–water partition coefficient (Wildman–Crippen LogP) is 2.80. The molecule has 0 bridgehead atoms. The molecule has 4 rings (SSSR count). The van der Waals surface area contributed by atoms with Gasteiger partial charge in [0.2, 0.25) is 0 Å². The first-order valence-corrected chi connectivity index (χ1v) is 10.5. The minimum absolute atomic E-state index is 0.0773. The Morgan fingerprint density at radius 1 is 1.17 bits per heavy atom. The van der Waals surface area contributed by atoms with Gasteiger partial charge in [0.05, 0.1) is 6.54 Å². The molecule has 1 heterocycles. The van der Waals surface area contributed by atoms with Crippen LogP contribution in [0.5, 0.6) is 0 Å². The summed E-state index contributed by atoms with van der Waals surface area (Å²) in [4.78, 5) is 39.5. The molecule has 30 heavy (non-hydrogen) atoms. The molecule has 1 saturated carbocycles. The zero-order chi connectivity index (χ0) is 21.3. The number of benzene rings is 2. The van der Waals surface area contributed by atoms with E-state index < -0.39 is 11.6 Å². The lowest BCUT2D eigenvalue weighted by molar-refractivity contribution is -0.140. The third-order valence-corrected chi connectivity index (χ3v) is 6.21. The molecule has 1 spiro atoms. The molecule has 7 heteroatoms. The summed E-state index contributed by atoms with van der Waals surface area (Å²) in [6, 6.07) is 13.8. The van der Waals surface area contributed by atoms with Crippen molar-refractivity contribution in [2.75, 3.05) is 13.6 Å². The summed E-state index contributed by atoms with van der Waals surface area (Å²) < 4.78 is 0. The maximum atomic E-state index is 12.9. The lowest BCUT2D eigenvalue weighted by Crippen LogP contribution is -2.52. The molecule has 0 radical (unpaired) electrons. The van der Waals surface area contributed by atoms with Gasteiger partial charge in [-0.2, -0.15) is 5.01 Å². The van der Waals surface area contributed by atoms with Crippen molar-refractivity contribution in [1.29, 1.82) is 0 Å². The van der Waals surface area contributed by atoms with Gasteiger partial charge in [0, 0.05) is 6.54 Å². The van der Waals surface area contributed by atoms with Gasteiger partial charge >= 0.3 is 6.03 Å². The zero-order valence-electron chi connectivity index (χ0n) is 17.5. The summed E-state index contributed by atoms with van der Waals surface area (Å²) in [6.07, 6.45) is 3.02. The van der Waals surface area contributed by atoms with Crippen LogP contribution in [0.3, 0.4) is 0 Å². The van der Waals surface area contributed by atoms with Crippen LogP contribution in [0, 0.1) is 5.92 Å². The molecule has 2 aromatic rings. The first kappa shape index (κ1) is 20.3. The Kier molecular flexibility index (Phi) is 5.47. The standard InChI is InChI=1S/C23H28N4O3/c1-16-9-11-23(12-10-16)21(29)27(22(30)24-23)25-20(28)15-26(2)14-17-7-8-18-5-3-4-6-19(18)13-17/h3-8,13,16H,9-12,14-15H2,1-2H3,(H,24,30)(H,25,28). The van der Waals surface area contributed by atoms with E-state index in [2.05, 4.69) is 41.9 Å². The fourth-order valence-corrected chi connectivity index (χ4v) is 4.43. The molecule has 2 aliphatic rings. The second-order valence-corrected chi connectivity index (χ2v) is 8.72. The number of amides is 4. The lowest BCUT2D eigenvalue weighted by Gasteiger charge is -2.33. The first-order chi connectivity index (χ1) is 14.4. The summed E-state index contributed by atoms with van der Waals surface area (Å²) in [5, 5.41) is 6.00. The van der Waals surface area contributed by atoms with Crippen LogP contribution in [0.4, 0.5) is 4.79 Å². The highest BCUT2D eigenvalue weighted by Gasteiger charge is 2.52. The van der Waals surface area contributed by atoms with E-state index >= 15 is 0 Å². The van der Waals surface area contributed by atoms with Crippen molar-refractivity contribution in [3.05, 3.63) is 48.0 Å². The van der Waals surface area contributed by atoms with Crippen LogP contribution in [0.1, 0.15) is 38.2 Å². The molecule has 2 N–H and O–H groups in total. The van der Waals surface area contributed by atoms with E-state index in [-0.39, 0.29) is 18.4 Å². The number of hydrogen-bond donors (Lipinski definition) is 2. The van der Waals surface area contributed by atoms with Gasteiger partial charge in [0.25, 0.3) is 11.8 Å². The highest BCUT2D eigenvalue weighted by atomic mass is 16.2. The van der Waals surface area contributed by atoms with Crippen LogP contribution in [-0.4, -0.2) is 46.9 Å². The smallest absolute Gasteiger partial charge is 0.322 e. The van der Waals surface area contributed by atoms with Crippen LogP contribution in [0.25, 0.3) is 10.8 Å². The summed E-state index contributed by atoms with van der Waals surface area (Å²) in [6.45, 7) is 2.81. The number of hydrazine groups is 1. The number of nitrogens with one attached hydrogen (secondary N) is 2. The van der Waals surface area contributed by atoms with E-state index in [4.69, 9.17) is 0 Å². The third kappa shape index (κ3) is 4.03. The Labute approximate surface area is 176 Å². The Bertz CT molecular complexity index is 981. The van der Waals surface area contributed by atoms with Crippen LogP contribution >= 0.6 is 0 Å². The molecule has 2 aromatic carbocycles. The van der Waals surface area contributed by atoms with Crippen molar-refractivity contribution in [3.8, 4) is 0 Å². The zero-order valence-corrected chi connectivity index (χ0v) is 17.5. The molecular formula is C23H28N4O3. The van der Waals surface area contributed by atoms with Crippen molar-refractivity contribution < 1.29 is 14.4 Å². The van der Waals surface area contributed by atoms with Crippen LogP contribution in [0.2, 0.25) is 0 Å². The molecule has 1 saturated heterocycles. The molecule has 4 amide bonds. The van der Waals surface area contributed by atoms with Crippen molar-refractivity contribution >= 4 is 28.6 Å². The average Bonchev–Trinajstić information content (AvgIpc) is 2.94. The highest BCUT2D eigenvalue weighted by Crippen LogP contribution is 2.35. The van der Waals surface area contributed by atoms with Gasteiger partial charge in [-0.1, -0.05) is 43.3 Å². The van der Waals surface area contributed by atoms with E-state index in [0.29, 0.717) is 25.3 Å². The number of urea groups is 1. The van der Waals surface area contributed by atoms with Crippen molar-refractivity contribution in [2.24, 2.45) is 5.92 Å². The molecule has 0 atom stereocenters. The van der Waals surface area contributed by atoms with Gasteiger partial charge in [0.1, 0.15) is 5.54 Å². The van der Waals surface area contributed by atoms with Crippen molar-refractivity contribution in [1.82, 2.24) is 20.7 Å². The van der Waals surface area contributed by atoms with E-state index in [1.165, 1.54) is 5.39 Å². The Hall–Kier alpha value is -2.93. The molecule has 1 aliphatic heterocycles. The largest absolute Gasteiger partial charge is 0.344 e. The van der Waals surface area contributed by atoms with E-state index in [1.807, 2.05) is 30.1 Å². The highest BCUT2D eigenvalue weighted by molar-refractivity contribution is 6.08. The number of fused-ring (bicyclic) bond motifs is 1. The molecule has 2 fully saturated rings. The Morgan fingerprint density at radius 3 is 2.60 bits per heavy atom.